The fourth-order valence-electron chi connectivity index (χ4n) is 2.67. The Morgan fingerprint density at radius 2 is 1.67 bits per heavy atom. The maximum Gasteiger partial charge on any atom is 0.131 e. The summed E-state index contributed by atoms with van der Waals surface area (Å²) in [7, 11) is 11.3. The number of anilines is 3. The van der Waals surface area contributed by atoms with Crippen LogP contribution in [-0.2, 0) is 0 Å². The lowest BCUT2D eigenvalue weighted by molar-refractivity contribution is 0.273. The van der Waals surface area contributed by atoms with Gasteiger partial charge in [0.1, 0.15) is 24.2 Å². The first-order valence-electron chi connectivity index (χ1n) is 7.66. The van der Waals surface area contributed by atoms with E-state index in [0.717, 1.165) is 22.1 Å². The van der Waals surface area contributed by atoms with E-state index in [2.05, 4.69) is 44.9 Å². The molecule has 0 radical (unpaired) electrons. The summed E-state index contributed by atoms with van der Waals surface area (Å²) in [6.07, 6.45) is 0. The molecule has 2 aromatic heterocycles. The van der Waals surface area contributed by atoms with E-state index < -0.39 is 7.76 Å². The number of benzene rings is 1. The Kier molecular flexibility index (Phi) is 4.28. The molecule has 24 heavy (non-hydrogen) atoms. The van der Waals surface area contributed by atoms with Crippen LogP contribution in [0.5, 0.6) is 0 Å². The van der Waals surface area contributed by atoms with Gasteiger partial charge in [0.05, 0.1) is 11.4 Å². The number of aromatic nitrogens is 3. The van der Waals surface area contributed by atoms with Gasteiger partial charge < -0.3 is 19.3 Å². The predicted molar refractivity (Wildman–Crippen MR) is 102 cm³/mol. The first-order chi connectivity index (χ1) is 11.4. The van der Waals surface area contributed by atoms with Crippen molar-refractivity contribution in [3.8, 4) is 0 Å². The number of rotatable bonds is 5. The molecule has 128 valence electrons. The van der Waals surface area contributed by atoms with Crippen molar-refractivity contribution >= 4 is 35.6 Å². The summed E-state index contributed by atoms with van der Waals surface area (Å²) in [6.45, 7) is 0. The molecule has 0 saturated carbocycles. The number of para-hydroxylation sites is 1. The van der Waals surface area contributed by atoms with Crippen LogP contribution >= 0.6 is 7.76 Å². The van der Waals surface area contributed by atoms with E-state index in [-0.39, 0.29) is 0 Å². The van der Waals surface area contributed by atoms with Crippen LogP contribution in [0.25, 0.3) is 11.0 Å². The van der Waals surface area contributed by atoms with Crippen molar-refractivity contribution in [2.45, 2.75) is 0 Å². The summed E-state index contributed by atoms with van der Waals surface area (Å²) in [4.78, 5) is 7.90. The minimum Gasteiger partial charge on any atom is -0.376 e. The monoisotopic (exact) mass is 346 g/mol. The molecule has 0 aliphatic rings. The standard InChI is InChI=1S/C16H23N6OP/c1-19(2)14-11-24(16(21(5)6)15(14)20(3)4)23-22-13-10-8-7-9-12(13)17-18-22/h7-11H,1-6H3. The van der Waals surface area contributed by atoms with Crippen molar-refractivity contribution in [2.24, 2.45) is 0 Å². The molecule has 3 aromatic rings. The Morgan fingerprint density at radius 3 is 2.29 bits per heavy atom. The molecule has 0 N–H and O–H groups in total. The van der Waals surface area contributed by atoms with Crippen molar-refractivity contribution in [1.29, 1.82) is 0 Å². The fraction of sp³-hybridized carbons (Fsp3) is 0.375. The zero-order chi connectivity index (χ0) is 17.4. The van der Waals surface area contributed by atoms with Gasteiger partial charge in [-0.05, 0) is 17.3 Å². The topological polar surface area (TPSA) is 49.7 Å². The SMILES string of the molecule is CN(C)c1cp(On2nnc3ccccc32)c(N(C)C)c1N(C)C. The molecule has 1 aromatic carbocycles. The Morgan fingerprint density at radius 1 is 0.958 bits per heavy atom. The van der Waals surface area contributed by atoms with Crippen LogP contribution in [0.2, 0.25) is 0 Å². The van der Waals surface area contributed by atoms with Crippen LogP contribution in [0.4, 0.5) is 16.8 Å². The van der Waals surface area contributed by atoms with Crippen LogP contribution in [0, 0.1) is 0 Å². The van der Waals surface area contributed by atoms with E-state index in [1.165, 1.54) is 10.5 Å². The highest BCUT2D eigenvalue weighted by Crippen LogP contribution is 2.53. The molecule has 1 atom stereocenters. The molecular formula is C16H23N6OP. The first-order valence-corrected chi connectivity index (χ1v) is 8.99. The van der Waals surface area contributed by atoms with Gasteiger partial charge in [-0.25, -0.2) is 0 Å². The average molecular weight is 346 g/mol. The molecule has 0 aliphatic carbocycles. The number of hydrogen-bond donors (Lipinski definition) is 0. The molecule has 2 heterocycles. The van der Waals surface area contributed by atoms with E-state index in [1.54, 1.807) is 0 Å². The number of hydrogen-bond acceptors (Lipinski definition) is 6. The van der Waals surface area contributed by atoms with E-state index in [4.69, 9.17) is 4.62 Å². The molecule has 0 fully saturated rings. The molecule has 0 amide bonds. The fourth-order valence-corrected chi connectivity index (χ4v) is 4.70. The molecule has 0 saturated heterocycles. The summed E-state index contributed by atoms with van der Waals surface area (Å²) < 4.78 is 6.24. The van der Waals surface area contributed by atoms with Crippen LogP contribution in [0.1, 0.15) is 0 Å². The van der Waals surface area contributed by atoms with Gasteiger partial charge in [0.25, 0.3) is 0 Å². The lowest BCUT2D eigenvalue weighted by Gasteiger charge is -2.23. The molecule has 8 heteroatoms. The van der Waals surface area contributed by atoms with Crippen LogP contribution in [0.3, 0.4) is 0 Å². The summed E-state index contributed by atoms with van der Waals surface area (Å²) in [5, 5.41) is 8.32. The Bertz CT molecular complexity index is 851. The first kappa shape index (κ1) is 16.5. The number of fused-ring (bicyclic) bond motifs is 1. The van der Waals surface area contributed by atoms with Crippen molar-refractivity contribution in [3.63, 3.8) is 0 Å². The highest BCUT2D eigenvalue weighted by atomic mass is 31.1. The van der Waals surface area contributed by atoms with Crippen molar-refractivity contribution in [1.82, 2.24) is 15.2 Å². The third-order valence-electron chi connectivity index (χ3n) is 3.74. The second kappa shape index (κ2) is 6.24. The highest BCUT2D eigenvalue weighted by Gasteiger charge is 2.23. The largest absolute Gasteiger partial charge is 0.376 e. The van der Waals surface area contributed by atoms with Gasteiger partial charge in [-0.1, -0.05) is 17.0 Å². The smallest absolute Gasteiger partial charge is 0.131 e. The lowest BCUT2D eigenvalue weighted by Crippen LogP contribution is -2.18. The zero-order valence-electron chi connectivity index (χ0n) is 14.9. The zero-order valence-corrected chi connectivity index (χ0v) is 15.8. The normalized spacial score (nSPS) is 11.7. The molecular weight excluding hydrogens is 323 g/mol. The lowest BCUT2D eigenvalue weighted by atomic mass is 10.3. The second-order valence-corrected chi connectivity index (χ2v) is 7.73. The minimum absolute atomic E-state index is 0.826. The van der Waals surface area contributed by atoms with Crippen LogP contribution < -0.4 is 19.3 Å². The van der Waals surface area contributed by atoms with Crippen LogP contribution in [-0.4, -0.2) is 57.4 Å². The molecule has 7 nitrogen and oxygen atoms in total. The van der Waals surface area contributed by atoms with E-state index >= 15 is 0 Å². The summed E-state index contributed by atoms with van der Waals surface area (Å²) in [5.41, 5.74) is 5.17. The quantitative estimate of drug-likeness (QED) is 0.708. The van der Waals surface area contributed by atoms with Gasteiger partial charge in [0.2, 0.25) is 0 Å². The highest BCUT2D eigenvalue weighted by molar-refractivity contribution is 7.49. The third kappa shape index (κ3) is 2.76. The summed E-state index contributed by atoms with van der Waals surface area (Å²) in [6, 6.07) is 7.80. The Labute approximate surface area is 143 Å². The van der Waals surface area contributed by atoms with Gasteiger partial charge in [-0.15, -0.1) is 5.10 Å². The average Bonchev–Trinajstić information content (AvgIpc) is 3.10. The van der Waals surface area contributed by atoms with Gasteiger partial charge in [-0.3, -0.25) is 0 Å². The predicted octanol–water partition coefficient (Wildman–Crippen LogP) is 2.51. The Balaban J connectivity index is 2.12. The molecule has 1 unspecified atom stereocenters. The molecule has 0 bridgehead atoms. The summed E-state index contributed by atoms with van der Waals surface area (Å²) >= 11 is 0. The van der Waals surface area contributed by atoms with Crippen molar-refractivity contribution in [2.75, 3.05) is 57.0 Å². The van der Waals surface area contributed by atoms with Gasteiger partial charge in [0, 0.05) is 48.1 Å². The molecule has 3 rings (SSSR count). The maximum absolute atomic E-state index is 6.24. The second-order valence-electron chi connectivity index (χ2n) is 6.23. The minimum atomic E-state index is -0.995. The van der Waals surface area contributed by atoms with E-state index in [1.807, 2.05) is 52.5 Å². The number of nitrogens with zero attached hydrogens (tertiary/aromatic N) is 6. The summed E-state index contributed by atoms with van der Waals surface area (Å²) in [5.74, 6) is 2.18. The van der Waals surface area contributed by atoms with Crippen molar-refractivity contribution < 1.29 is 4.62 Å². The molecule has 0 aliphatic heterocycles. The third-order valence-corrected chi connectivity index (χ3v) is 5.58. The van der Waals surface area contributed by atoms with Crippen molar-refractivity contribution in [3.05, 3.63) is 30.1 Å². The van der Waals surface area contributed by atoms with Gasteiger partial charge in [-0.2, -0.15) is 0 Å². The van der Waals surface area contributed by atoms with Gasteiger partial charge in [0.15, 0.2) is 0 Å². The molecule has 0 spiro atoms. The van der Waals surface area contributed by atoms with E-state index in [0.29, 0.717) is 0 Å². The maximum atomic E-state index is 6.24. The van der Waals surface area contributed by atoms with E-state index in [9.17, 15) is 0 Å². The van der Waals surface area contributed by atoms with Crippen LogP contribution in [0.15, 0.2) is 30.1 Å². The van der Waals surface area contributed by atoms with Gasteiger partial charge >= 0.3 is 0 Å². The Hall–Kier alpha value is -2.40.